The van der Waals surface area contributed by atoms with Crippen LogP contribution < -0.4 is 5.32 Å². The third-order valence-corrected chi connectivity index (χ3v) is 5.13. The number of amides is 2. The smallest absolute Gasteiger partial charge is 0.329 e. The number of hydrogen-bond donors (Lipinski definition) is 2. The summed E-state index contributed by atoms with van der Waals surface area (Å²) in [7, 11) is 0. The number of carbonyl (C=O) groups excluding carboxylic acids is 1. The van der Waals surface area contributed by atoms with Crippen LogP contribution in [-0.4, -0.2) is 52.8 Å². The van der Waals surface area contributed by atoms with E-state index in [-0.39, 0.29) is 18.2 Å². The Hall–Kier alpha value is -1.30. The fraction of sp³-hybridized carbons (Fsp3) is 0.867. The maximum Gasteiger partial charge on any atom is 0.329 e. The first-order valence-electron chi connectivity index (χ1n) is 7.95. The molecule has 0 aromatic rings. The van der Waals surface area contributed by atoms with E-state index >= 15 is 0 Å². The highest BCUT2D eigenvalue weighted by atomic mass is 16.5. The molecule has 6 heteroatoms. The number of nitrogens with zero attached hydrogens (tertiary/aromatic N) is 1. The molecule has 2 heterocycles. The summed E-state index contributed by atoms with van der Waals surface area (Å²) in [5, 5.41) is 12.5. The van der Waals surface area contributed by atoms with E-state index in [9.17, 15) is 14.7 Å². The van der Waals surface area contributed by atoms with Gasteiger partial charge in [0.05, 0.1) is 12.1 Å². The van der Waals surface area contributed by atoms with Crippen molar-refractivity contribution in [2.24, 2.45) is 5.92 Å². The predicted molar refractivity (Wildman–Crippen MR) is 76.0 cm³/mol. The molecule has 0 spiro atoms. The highest BCUT2D eigenvalue weighted by Gasteiger charge is 2.46. The number of nitrogens with one attached hydrogen (secondary N) is 1. The average Bonchev–Trinajstić information content (AvgIpc) is 3.19. The van der Waals surface area contributed by atoms with E-state index in [0.717, 1.165) is 19.3 Å². The van der Waals surface area contributed by atoms with Crippen LogP contribution in [0.15, 0.2) is 0 Å². The van der Waals surface area contributed by atoms with Crippen molar-refractivity contribution in [1.82, 2.24) is 10.2 Å². The quantitative estimate of drug-likeness (QED) is 0.829. The van der Waals surface area contributed by atoms with Gasteiger partial charge in [-0.2, -0.15) is 0 Å². The van der Waals surface area contributed by atoms with Crippen molar-refractivity contribution < 1.29 is 19.4 Å². The molecule has 2 N–H and O–H groups in total. The highest BCUT2D eigenvalue weighted by Crippen LogP contribution is 2.39. The number of carboxylic acids is 1. The lowest BCUT2D eigenvalue weighted by molar-refractivity contribution is -0.150. The molecule has 1 saturated carbocycles. The molecule has 3 aliphatic rings. The van der Waals surface area contributed by atoms with Gasteiger partial charge in [-0.05, 0) is 51.4 Å². The largest absolute Gasteiger partial charge is 0.480 e. The van der Waals surface area contributed by atoms with Crippen LogP contribution in [-0.2, 0) is 9.53 Å². The first-order chi connectivity index (χ1) is 10.0. The highest BCUT2D eigenvalue weighted by molar-refractivity contribution is 5.86. The third-order valence-electron chi connectivity index (χ3n) is 5.13. The molecule has 118 valence electrons. The van der Waals surface area contributed by atoms with Gasteiger partial charge in [-0.3, -0.25) is 0 Å². The normalized spacial score (nSPS) is 36.5. The van der Waals surface area contributed by atoms with Crippen molar-refractivity contribution in [2.75, 3.05) is 13.2 Å². The molecular weight excluding hydrogens is 272 g/mol. The zero-order valence-corrected chi connectivity index (χ0v) is 12.5. The molecule has 0 bridgehead atoms. The van der Waals surface area contributed by atoms with Crippen LogP contribution in [0.1, 0.15) is 45.4 Å². The summed E-state index contributed by atoms with van der Waals surface area (Å²) >= 11 is 0. The van der Waals surface area contributed by atoms with E-state index < -0.39 is 11.5 Å². The summed E-state index contributed by atoms with van der Waals surface area (Å²) < 4.78 is 5.73. The third kappa shape index (κ3) is 2.73. The van der Waals surface area contributed by atoms with E-state index in [1.165, 1.54) is 17.7 Å². The van der Waals surface area contributed by atoms with Crippen LogP contribution in [0.4, 0.5) is 4.79 Å². The van der Waals surface area contributed by atoms with E-state index in [1.807, 2.05) is 0 Å². The fourth-order valence-corrected chi connectivity index (χ4v) is 3.56. The molecule has 2 amide bonds. The van der Waals surface area contributed by atoms with Crippen molar-refractivity contribution in [2.45, 2.75) is 63.1 Å². The number of hydrogen-bond acceptors (Lipinski definition) is 3. The van der Waals surface area contributed by atoms with Crippen LogP contribution >= 0.6 is 0 Å². The topological polar surface area (TPSA) is 78.9 Å². The second-order valence-electron chi connectivity index (χ2n) is 6.71. The minimum Gasteiger partial charge on any atom is -0.480 e. The molecule has 2 saturated heterocycles. The van der Waals surface area contributed by atoms with E-state index in [4.69, 9.17) is 4.74 Å². The number of aliphatic carboxylic acids is 1. The number of ether oxygens (including phenoxy) is 1. The van der Waals surface area contributed by atoms with Gasteiger partial charge >= 0.3 is 12.0 Å². The molecule has 0 aromatic carbocycles. The molecule has 21 heavy (non-hydrogen) atoms. The van der Waals surface area contributed by atoms with Crippen molar-refractivity contribution >= 4 is 12.0 Å². The van der Waals surface area contributed by atoms with Gasteiger partial charge in [-0.1, -0.05) is 0 Å². The predicted octanol–water partition coefficient (Wildman–Crippen LogP) is 1.59. The van der Waals surface area contributed by atoms with E-state index in [0.29, 0.717) is 25.5 Å². The summed E-state index contributed by atoms with van der Waals surface area (Å²) in [6.45, 7) is 2.84. The zero-order chi connectivity index (χ0) is 15.0. The van der Waals surface area contributed by atoms with Crippen molar-refractivity contribution in [3.05, 3.63) is 0 Å². The van der Waals surface area contributed by atoms with Gasteiger partial charge in [0.25, 0.3) is 0 Å². The van der Waals surface area contributed by atoms with Gasteiger partial charge in [-0.25, -0.2) is 9.59 Å². The number of rotatable bonds is 3. The maximum absolute atomic E-state index is 12.6. The maximum atomic E-state index is 12.6. The Labute approximate surface area is 124 Å². The van der Waals surface area contributed by atoms with Gasteiger partial charge in [0.2, 0.25) is 0 Å². The minimum atomic E-state index is -1.09. The number of likely N-dealkylation sites (tertiary alicyclic amines) is 1. The molecule has 3 rings (SSSR count). The van der Waals surface area contributed by atoms with Crippen LogP contribution in [0.25, 0.3) is 0 Å². The second-order valence-corrected chi connectivity index (χ2v) is 6.71. The van der Waals surface area contributed by atoms with E-state index in [2.05, 4.69) is 5.32 Å². The summed E-state index contributed by atoms with van der Waals surface area (Å²) in [6.07, 6.45) is 5.52. The average molecular weight is 296 g/mol. The summed E-state index contributed by atoms with van der Waals surface area (Å²) in [4.78, 5) is 25.6. The standard InChI is InChI=1S/C15H24N2O4/c1-15(13(18)19)7-2-3-8-17(15)14(20)16-11-6-9-21-12(11)10-4-5-10/h10-12H,2-9H2,1H3,(H,16,20)(H,18,19). The molecule has 2 aliphatic heterocycles. The van der Waals surface area contributed by atoms with Gasteiger partial charge in [-0.15, -0.1) is 0 Å². The number of urea groups is 1. The zero-order valence-electron chi connectivity index (χ0n) is 12.5. The molecule has 6 nitrogen and oxygen atoms in total. The van der Waals surface area contributed by atoms with Crippen LogP contribution in [0.3, 0.4) is 0 Å². The van der Waals surface area contributed by atoms with Gasteiger partial charge in [0, 0.05) is 13.2 Å². The molecule has 3 fully saturated rings. The number of carbonyl (C=O) groups is 2. The Morgan fingerprint density at radius 2 is 2.05 bits per heavy atom. The van der Waals surface area contributed by atoms with Crippen LogP contribution in [0.5, 0.6) is 0 Å². The lowest BCUT2D eigenvalue weighted by atomic mass is 9.89. The fourth-order valence-electron chi connectivity index (χ4n) is 3.56. The van der Waals surface area contributed by atoms with Crippen molar-refractivity contribution in [1.29, 1.82) is 0 Å². The summed E-state index contributed by atoms with van der Waals surface area (Å²) in [6, 6.07) is -0.217. The van der Waals surface area contributed by atoms with Gasteiger partial charge in [0.15, 0.2) is 0 Å². The first kappa shape index (κ1) is 14.6. The lowest BCUT2D eigenvalue weighted by Gasteiger charge is -2.42. The molecule has 3 atom stereocenters. The Kier molecular flexibility index (Phi) is 3.82. The summed E-state index contributed by atoms with van der Waals surface area (Å²) in [5.74, 6) is -0.344. The van der Waals surface area contributed by atoms with Crippen molar-refractivity contribution in [3.8, 4) is 0 Å². The molecule has 0 radical (unpaired) electrons. The van der Waals surface area contributed by atoms with Crippen LogP contribution in [0.2, 0.25) is 0 Å². The number of carboxylic acid groups (broad SMARTS) is 1. The lowest BCUT2D eigenvalue weighted by Crippen LogP contribution is -2.61. The Morgan fingerprint density at radius 1 is 1.29 bits per heavy atom. The van der Waals surface area contributed by atoms with Crippen molar-refractivity contribution in [3.63, 3.8) is 0 Å². The molecule has 1 aliphatic carbocycles. The Bertz CT molecular complexity index is 437. The minimum absolute atomic E-state index is 0.0324. The molecule has 3 unspecified atom stereocenters. The Balaban J connectivity index is 1.67. The summed E-state index contributed by atoms with van der Waals surface area (Å²) in [5.41, 5.74) is -1.09. The molecule has 0 aromatic heterocycles. The van der Waals surface area contributed by atoms with E-state index in [1.54, 1.807) is 6.92 Å². The van der Waals surface area contributed by atoms with Crippen LogP contribution in [0, 0.1) is 5.92 Å². The van der Waals surface area contributed by atoms with Gasteiger partial charge < -0.3 is 20.1 Å². The number of piperidine rings is 1. The van der Waals surface area contributed by atoms with Gasteiger partial charge in [0.1, 0.15) is 5.54 Å². The molecular formula is C15H24N2O4. The Morgan fingerprint density at radius 3 is 2.71 bits per heavy atom. The monoisotopic (exact) mass is 296 g/mol. The second kappa shape index (κ2) is 5.48. The first-order valence-corrected chi connectivity index (χ1v) is 7.95. The SMILES string of the molecule is CC1(C(=O)O)CCCCN1C(=O)NC1CCOC1C1CC1.